The molecule has 1 fully saturated rings. The molecule has 0 unspecified atom stereocenters. The molecule has 1 aromatic rings. The predicted molar refractivity (Wildman–Crippen MR) is 96.2 cm³/mol. The van der Waals surface area contributed by atoms with E-state index in [4.69, 9.17) is 9.29 Å². The molecule has 2 rings (SSSR count). The third kappa shape index (κ3) is 6.69. The van der Waals surface area contributed by atoms with Crippen LogP contribution in [0.4, 0.5) is 0 Å². The van der Waals surface area contributed by atoms with Gasteiger partial charge in [-0.05, 0) is 12.0 Å². The second-order valence-corrected chi connectivity index (χ2v) is 7.96. The van der Waals surface area contributed by atoms with E-state index in [-0.39, 0.29) is 11.5 Å². The first-order valence-corrected chi connectivity index (χ1v) is 10.2. The molecule has 10 nitrogen and oxygen atoms in total. The van der Waals surface area contributed by atoms with Gasteiger partial charge in [-0.1, -0.05) is 47.2 Å². The van der Waals surface area contributed by atoms with Crippen LogP contribution in [0.2, 0.25) is 0 Å². The molecule has 0 aliphatic carbocycles. The van der Waals surface area contributed by atoms with Crippen LogP contribution in [0.25, 0.3) is 0 Å². The first kappa shape index (κ1) is 22.0. The third-order valence-electron chi connectivity index (χ3n) is 3.80. The predicted octanol–water partition coefficient (Wildman–Crippen LogP) is -0.715. The molecule has 152 valence electrons. The van der Waals surface area contributed by atoms with Gasteiger partial charge in [0.15, 0.2) is 0 Å². The molecule has 5 atom stereocenters. The minimum atomic E-state index is -4.82. The number of aliphatic hydroxyl groups excluding tert-OH is 4. The Morgan fingerprint density at radius 2 is 1.81 bits per heavy atom. The zero-order valence-corrected chi connectivity index (χ0v) is 15.7. The Labute approximate surface area is 160 Å². The summed E-state index contributed by atoms with van der Waals surface area (Å²) in [6, 6.07) is 9.18. The number of rotatable bonds is 7. The van der Waals surface area contributed by atoms with E-state index in [2.05, 4.69) is 9.44 Å². The number of hydrogen-bond donors (Lipinski definition) is 5. The average Bonchev–Trinajstić information content (AvgIpc) is 2.64. The van der Waals surface area contributed by atoms with Crippen LogP contribution in [0.15, 0.2) is 35.5 Å². The second kappa shape index (κ2) is 9.80. The number of hydrogen-bond acceptors (Lipinski definition) is 10. The number of oxime groups is 1. The molecule has 0 amide bonds. The SMILES string of the molecule is O=S(=O)(O)ON=C(CCc1ccccc1)S[C@H]1O[C@@H](CO)[C@@H](O)[C@H](O)[C@H]1O. The molecule has 5 N–H and O–H groups in total. The highest BCUT2D eigenvalue weighted by atomic mass is 32.3. The van der Waals surface area contributed by atoms with E-state index in [1.165, 1.54) is 0 Å². The summed E-state index contributed by atoms with van der Waals surface area (Å²) >= 11 is 0.754. The summed E-state index contributed by atoms with van der Waals surface area (Å²) < 4.78 is 39.7. The highest BCUT2D eigenvalue weighted by Gasteiger charge is 2.44. The molecule has 1 saturated heterocycles. The quantitative estimate of drug-likeness (QED) is 0.163. The summed E-state index contributed by atoms with van der Waals surface area (Å²) in [7, 11) is -4.82. The fraction of sp³-hybridized carbons (Fsp3) is 0.533. The molecule has 0 aromatic heterocycles. The van der Waals surface area contributed by atoms with Crippen LogP contribution in [-0.4, -0.2) is 74.9 Å². The van der Waals surface area contributed by atoms with Gasteiger partial charge in [0.1, 0.15) is 34.9 Å². The van der Waals surface area contributed by atoms with Gasteiger partial charge in [-0.15, -0.1) is 0 Å². The molecule has 27 heavy (non-hydrogen) atoms. The monoisotopic (exact) mass is 423 g/mol. The second-order valence-electron chi connectivity index (χ2n) is 5.79. The molecular formula is C15H21NO9S2. The third-order valence-corrected chi connectivity index (χ3v) is 5.24. The van der Waals surface area contributed by atoms with Crippen LogP contribution in [0.1, 0.15) is 12.0 Å². The van der Waals surface area contributed by atoms with Crippen LogP contribution in [-0.2, 0) is 25.8 Å². The van der Waals surface area contributed by atoms with Crippen molar-refractivity contribution in [1.29, 1.82) is 0 Å². The minimum absolute atomic E-state index is 0.0563. The van der Waals surface area contributed by atoms with Gasteiger partial charge in [-0.25, -0.2) is 4.28 Å². The molecular weight excluding hydrogens is 402 g/mol. The molecule has 1 aromatic carbocycles. The number of nitrogens with zero attached hydrogens (tertiary/aromatic N) is 1. The van der Waals surface area contributed by atoms with Crippen molar-refractivity contribution in [3.63, 3.8) is 0 Å². The average molecular weight is 423 g/mol. The molecule has 1 aliphatic heterocycles. The van der Waals surface area contributed by atoms with Crippen LogP contribution >= 0.6 is 11.8 Å². The highest BCUT2D eigenvalue weighted by molar-refractivity contribution is 8.14. The van der Waals surface area contributed by atoms with Gasteiger partial charge in [0, 0.05) is 6.42 Å². The van der Waals surface area contributed by atoms with Crippen molar-refractivity contribution in [3.05, 3.63) is 35.9 Å². The summed E-state index contributed by atoms with van der Waals surface area (Å²) in [5.41, 5.74) is -0.230. The molecule has 1 aliphatic rings. The van der Waals surface area contributed by atoms with Crippen molar-refractivity contribution < 1.29 is 42.4 Å². The lowest BCUT2D eigenvalue weighted by Crippen LogP contribution is -2.57. The summed E-state index contributed by atoms with van der Waals surface area (Å²) in [6.45, 7) is -0.597. The van der Waals surface area contributed by atoms with Gasteiger partial charge in [0.2, 0.25) is 0 Å². The van der Waals surface area contributed by atoms with E-state index in [1.807, 2.05) is 30.3 Å². The molecule has 0 radical (unpaired) electrons. The minimum Gasteiger partial charge on any atom is -0.394 e. The fourth-order valence-electron chi connectivity index (χ4n) is 2.41. The first-order valence-electron chi connectivity index (χ1n) is 7.95. The lowest BCUT2D eigenvalue weighted by Gasteiger charge is -2.39. The van der Waals surface area contributed by atoms with E-state index in [0.29, 0.717) is 6.42 Å². The van der Waals surface area contributed by atoms with Crippen molar-refractivity contribution >= 4 is 27.2 Å². The topological polar surface area (TPSA) is 166 Å². The lowest BCUT2D eigenvalue weighted by molar-refractivity contribution is -0.205. The zero-order valence-electron chi connectivity index (χ0n) is 14.0. The van der Waals surface area contributed by atoms with Gasteiger partial charge < -0.3 is 25.2 Å². The largest absolute Gasteiger partial charge is 0.466 e. The Bertz CT molecular complexity index is 726. The van der Waals surface area contributed by atoms with Crippen LogP contribution in [0, 0.1) is 0 Å². The van der Waals surface area contributed by atoms with Crippen molar-refractivity contribution in [2.45, 2.75) is 42.7 Å². The van der Waals surface area contributed by atoms with E-state index in [0.717, 1.165) is 17.3 Å². The standard InChI is InChI=1S/C15H21NO9S2/c17-8-10-12(18)13(19)14(20)15(24-10)26-11(16-25-27(21,22)23)7-6-9-4-2-1-3-5-9/h1-5,10,12-15,17-20H,6-8H2,(H,21,22,23)/t10-,12+,13-,14+,15+/m0/s1. The number of aryl methyl sites for hydroxylation is 1. The first-order chi connectivity index (χ1) is 12.7. The Morgan fingerprint density at radius 1 is 1.15 bits per heavy atom. The van der Waals surface area contributed by atoms with Crippen molar-refractivity contribution in [2.75, 3.05) is 6.61 Å². The van der Waals surface area contributed by atoms with Crippen LogP contribution in [0.3, 0.4) is 0 Å². The maximum Gasteiger partial charge on any atom is 0.466 e. The van der Waals surface area contributed by atoms with Gasteiger partial charge in [0.05, 0.1) is 6.61 Å². The van der Waals surface area contributed by atoms with Crippen LogP contribution in [0.5, 0.6) is 0 Å². The molecule has 12 heteroatoms. The molecule has 0 spiro atoms. The maximum atomic E-state index is 10.8. The van der Waals surface area contributed by atoms with Gasteiger partial charge in [-0.3, -0.25) is 4.55 Å². The van der Waals surface area contributed by atoms with Gasteiger partial charge >= 0.3 is 10.4 Å². The molecule has 0 saturated carbocycles. The number of ether oxygens (including phenoxy) is 1. The summed E-state index contributed by atoms with van der Waals surface area (Å²) in [5.74, 6) is 0. The smallest absolute Gasteiger partial charge is 0.394 e. The Morgan fingerprint density at radius 3 is 2.41 bits per heavy atom. The summed E-state index contributed by atoms with van der Waals surface area (Å²) in [4.78, 5) is 0. The van der Waals surface area contributed by atoms with Crippen molar-refractivity contribution in [1.82, 2.24) is 0 Å². The maximum absolute atomic E-state index is 10.8. The lowest BCUT2D eigenvalue weighted by atomic mass is 10.0. The van der Waals surface area contributed by atoms with Crippen molar-refractivity contribution in [3.8, 4) is 0 Å². The summed E-state index contributed by atoms with van der Waals surface area (Å²) in [6.07, 6.45) is -5.11. The Balaban J connectivity index is 2.12. The van der Waals surface area contributed by atoms with E-state index in [1.54, 1.807) is 0 Å². The van der Waals surface area contributed by atoms with Crippen LogP contribution < -0.4 is 0 Å². The van der Waals surface area contributed by atoms with Crippen molar-refractivity contribution in [2.24, 2.45) is 5.16 Å². The highest BCUT2D eigenvalue weighted by Crippen LogP contribution is 2.30. The van der Waals surface area contributed by atoms with E-state index >= 15 is 0 Å². The van der Waals surface area contributed by atoms with E-state index in [9.17, 15) is 28.8 Å². The van der Waals surface area contributed by atoms with Gasteiger partial charge in [0.25, 0.3) is 0 Å². The zero-order chi connectivity index (χ0) is 20.0. The summed E-state index contributed by atoms with van der Waals surface area (Å²) in [5, 5.41) is 42.4. The normalized spacial score (nSPS) is 29.5. The Hall–Kier alpha value is -1.25. The number of aliphatic hydroxyl groups is 4. The number of benzene rings is 1. The Kier molecular flexibility index (Phi) is 8.00. The fourth-order valence-corrected chi connectivity index (χ4v) is 3.71. The van der Waals surface area contributed by atoms with E-state index < -0.39 is 46.9 Å². The van der Waals surface area contributed by atoms with Gasteiger partial charge in [-0.2, -0.15) is 8.42 Å². The molecule has 1 heterocycles. The molecule has 0 bridgehead atoms. The number of thioether (sulfide) groups is 1.